The van der Waals surface area contributed by atoms with Gasteiger partial charge < -0.3 is 9.84 Å². The lowest BCUT2D eigenvalue weighted by Gasteiger charge is -2.51. The quantitative estimate of drug-likeness (QED) is 0.506. The predicted molar refractivity (Wildman–Crippen MR) is 64.0 cm³/mol. The predicted octanol–water partition coefficient (Wildman–Crippen LogP) is 0.403. The molecule has 1 saturated heterocycles. The van der Waals surface area contributed by atoms with Gasteiger partial charge in [-0.3, -0.25) is 9.59 Å². The second-order valence-corrected chi connectivity index (χ2v) is 6.20. The van der Waals surface area contributed by atoms with Crippen LogP contribution in [0, 0.1) is 17.3 Å². The molecule has 1 unspecified atom stereocenters. The van der Waals surface area contributed by atoms with Crippen molar-refractivity contribution < 1.29 is 24.2 Å². The fourth-order valence-electron chi connectivity index (χ4n) is 3.93. The Morgan fingerprint density at radius 2 is 2.00 bits per heavy atom. The molecule has 1 aliphatic heterocycles. The van der Waals surface area contributed by atoms with Gasteiger partial charge in [-0.05, 0) is 31.9 Å². The molecule has 1 heterocycles. The van der Waals surface area contributed by atoms with Gasteiger partial charge in [-0.1, -0.05) is 6.92 Å². The molecule has 5 nitrogen and oxygen atoms in total. The van der Waals surface area contributed by atoms with Crippen LogP contribution < -0.4 is 0 Å². The summed E-state index contributed by atoms with van der Waals surface area (Å²) in [5.41, 5.74) is -2.03. The number of hydrogen-bond donors (Lipinski definition) is 1. The largest absolute Gasteiger partial charge is 0.455 e. The van der Waals surface area contributed by atoms with Crippen molar-refractivity contribution in [2.45, 2.75) is 38.4 Å². The number of rotatable bonds is 0. The molecule has 102 valence electrons. The van der Waals surface area contributed by atoms with Crippen LogP contribution in [0.3, 0.4) is 0 Å². The highest BCUT2D eigenvalue weighted by molar-refractivity contribution is 6.36. The normalized spacial score (nSPS) is 48.8. The van der Waals surface area contributed by atoms with Crippen LogP contribution >= 0.6 is 0 Å². The Balaban J connectivity index is 2.10. The lowest BCUT2D eigenvalue weighted by atomic mass is 9.54. The van der Waals surface area contributed by atoms with Gasteiger partial charge in [-0.2, -0.15) is 0 Å². The van der Waals surface area contributed by atoms with Crippen molar-refractivity contribution in [1.82, 2.24) is 0 Å². The van der Waals surface area contributed by atoms with Crippen LogP contribution in [0.1, 0.15) is 26.7 Å². The van der Waals surface area contributed by atoms with Crippen molar-refractivity contribution in [3.8, 4) is 0 Å². The summed E-state index contributed by atoms with van der Waals surface area (Å²) in [6, 6.07) is 0. The van der Waals surface area contributed by atoms with E-state index < -0.39 is 40.7 Å². The minimum absolute atomic E-state index is 0.0714. The van der Waals surface area contributed by atoms with Gasteiger partial charge in [-0.15, -0.1) is 0 Å². The van der Waals surface area contributed by atoms with Crippen molar-refractivity contribution in [2.75, 3.05) is 0 Å². The molecule has 0 spiro atoms. The fraction of sp³-hybridized carbons (Fsp3) is 0.643. The van der Waals surface area contributed by atoms with E-state index >= 15 is 0 Å². The standard InChI is InChI=1S/C14H16O5/c1-13-5-3-7-9(16)12(17)19-10(7)11(13)14(2,18)6-4-8(13)15/h4,6-7,10-11,18H,3,5H2,1-2H3/t7?,10-,11+,13-,14+/m1/s1. The Labute approximate surface area is 110 Å². The Bertz CT molecular complexity index is 518. The minimum Gasteiger partial charge on any atom is -0.455 e. The number of carbonyl (C=O) groups is 3. The van der Waals surface area contributed by atoms with E-state index in [1.165, 1.54) is 12.2 Å². The SMILES string of the molecule is C[C@]1(O)C=CC(=O)[C@@]2(C)CCC3C(=O)C(=O)O[C@H]3[C@H]12. The minimum atomic E-state index is -1.25. The average Bonchev–Trinajstić information content (AvgIpc) is 2.60. The first-order valence-corrected chi connectivity index (χ1v) is 6.48. The fourth-order valence-corrected chi connectivity index (χ4v) is 3.93. The molecule has 1 N–H and O–H groups in total. The van der Waals surface area contributed by atoms with E-state index in [4.69, 9.17) is 4.74 Å². The van der Waals surface area contributed by atoms with Crippen molar-refractivity contribution in [3.05, 3.63) is 12.2 Å². The number of esters is 1. The highest BCUT2D eigenvalue weighted by atomic mass is 16.6. The summed E-state index contributed by atoms with van der Waals surface area (Å²) in [5.74, 6) is -2.51. The number of ether oxygens (including phenoxy) is 1. The Morgan fingerprint density at radius 3 is 2.68 bits per heavy atom. The maximum absolute atomic E-state index is 12.2. The van der Waals surface area contributed by atoms with Crippen molar-refractivity contribution in [3.63, 3.8) is 0 Å². The molecule has 19 heavy (non-hydrogen) atoms. The molecule has 0 aromatic heterocycles. The number of carbonyl (C=O) groups excluding carboxylic acids is 3. The molecule has 0 bridgehead atoms. The molecule has 1 saturated carbocycles. The van der Waals surface area contributed by atoms with E-state index in [0.717, 1.165) is 0 Å². The number of fused-ring (bicyclic) bond motifs is 3. The van der Waals surface area contributed by atoms with E-state index in [1.807, 2.05) is 0 Å². The number of Topliss-reactive ketones (excluding diaryl/α,β-unsaturated/α-hetero) is 1. The van der Waals surface area contributed by atoms with Crippen LogP contribution in [-0.2, 0) is 19.1 Å². The third-order valence-electron chi connectivity index (χ3n) is 4.93. The van der Waals surface area contributed by atoms with E-state index in [9.17, 15) is 19.5 Å². The molecule has 0 amide bonds. The van der Waals surface area contributed by atoms with E-state index in [-0.39, 0.29) is 5.78 Å². The highest BCUT2D eigenvalue weighted by Gasteiger charge is 2.63. The van der Waals surface area contributed by atoms with E-state index in [0.29, 0.717) is 12.8 Å². The third kappa shape index (κ3) is 1.48. The van der Waals surface area contributed by atoms with Crippen LogP contribution in [0.2, 0.25) is 0 Å². The van der Waals surface area contributed by atoms with Crippen LogP contribution in [0.25, 0.3) is 0 Å². The lowest BCUT2D eigenvalue weighted by molar-refractivity contribution is -0.168. The summed E-state index contributed by atoms with van der Waals surface area (Å²) in [6.07, 6.45) is 3.09. The summed E-state index contributed by atoms with van der Waals surface area (Å²) in [6.45, 7) is 3.38. The van der Waals surface area contributed by atoms with Gasteiger partial charge in [0.25, 0.3) is 0 Å². The zero-order valence-corrected chi connectivity index (χ0v) is 10.9. The van der Waals surface area contributed by atoms with Crippen LogP contribution in [0.5, 0.6) is 0 Å². The molecule has 5 atom stereocenters. The molecule has 5 heteroatoms. The summed E-state index contributed by atoms with van der Waals surface area (Å²) in [7, 11) is 0. The van der Waals surface area contributed by atoms with Crippen molar-refractivity contribution in [1.29, 1.82) is 0 Å². The zero-order chi connectivity index (χ0) is 14.0. The van der Waals surface area contributed by atoms with Gasteiger partial charge in [-0.25, -0.2) is 4.79 Å². The smallest absolute Gasteiger partial charge is 0.375 e. The van der Waals surface area contributed by atoms with Crippen molar-refractivity contribution in [2.24, 2.45) is 17.3 Å². The number of ketones is 2. The second-order valence-electron chi connectivity index (χ2n) is 6.20. The van der Waals surface area contributed by atoms with Crippen molar-refractivity contribution >= 4 is 17.5 Å². The maximum atomic E-state index is 12.2. The molecule has 2 aliphatic carbocycles. The number of allylic oxidation sites excluding steroid dienone is 1. The lowest BCUT2D eigenvalue weighted by Crippen LogP contribution is -2.59. The summed E-state index contributed by atoms with van der Waals surface area (Å²) in [4.78, 5) is 35.4. The number of aliphatic hydroxyl groups is 1. The zero-order valence-electron chi connectivity index (χ0n) is 10.9. The van der Waals surface area contributed by atoms with Gasteiger partial charge in [0.1, 0.15) is 6.10 Å². The molecule has 0 radical (unpaired) electrons. The first-order valence-electron chi connectivity index (χ1n) is 6.48. The monoisotopic (exact) mass is 264 g/mol. The first-order chi connectivity index (χ1) is 8.77. The number of hydrogen-bond acceptors (Lipinski definition) is 5. The second kappa shape index (κ2) is 3.54. The Morgan fingerprint density at radius 1 is 1.32 bits per heavy atom. The van der Waals surface area contributed by atoms with Gasteiger partial charge >= 0.3 is 5.97 Å². The molecule has 0 aromatic rings. The first kappa shape index (κ1) is 12.5. The van der Waals surface area contributed by atoms with E-state index in [1.54, 1.807) is 13.8 Å². The Hall–Kier alpha value is -1.49. The molecular weight excluding hydrogens is 248 g/mol. The van der Waals surface area contributed by atoms with Gasteiger partial charge in [0.2, 0.25) is 5.78 Å². The molecule has 3 rings (SSSR count). The summed E-state index contributed by atoms with van der Waals surface area (Å²) >= 11 is 0. The van der Waals surface area contributed by atoms with Crippen LogP contribution in [0.15, 0.2) is 12.2 Å². The van der Waals surface area contributed by atoms with Gasteiger partial charge in [0.05, 0.1) is 11.5 Å². The van der Waals surface area contributed by atoms with Gasteiger partial charge in [0, 0.05) is 11.3 Å². The molecule has 0 aromatic carbocycles. The summed E-state index contributed by atoms with van der Waals surface area (Å²) < 4.78 is 5.16. The highest BCUT2D eigenvalue weighted by Crippen LogP contribution is 2.54. The Kier molecular flexibility index (Phi) is 2.33. The third-order valence-corrected chi connectivity index (χ3v) is 4.93. The molecule has 3 aliphatic rings. The summed E-state index contributed by atoms with van der Waals surface area (Å²) in [5, 5.41) is 10.5. The van der Waals surface area contributed by atoms with Crippen LogP contribution in [0.4, 0.5) is 0 Å². The van der Waals surface area contributed by atoms with E-state index in [2.05, 4.69) is 0 Å². The van der Waals surface area contributed by atoms with Crippen LogP contribution in [-0.4, -0.2) is 34.3 Å². The topological polar surface area (TPSA) is 80.7 Å². The maximum Gasteiger partial charge on any atom is 0.375 e. The molecular formula is C14H16O5. The average molecular weight is 264 g/mol. The van der Waals surface area contributed by atoms with Gasteiger partial charge in [0.15, 0.2) is 5.78 Å². The molecule has 2 fully saturated rings.